The van der Waals surface area contributed by atoms with E-state index in [-0.39, 0.29) is 0 Å². The van der Waals surface area contributed by atoms with Crippen molar-refractivity contribution in [1.29, 1.82) is 0 Å². The van der Waals surface area contributed by atoms with Crippen LogP contribution in [0.5, 0.6) is 0 Å². The van der Waals surface area contributed by atoms with Gasteiger partial charge in [-0.3, -0.25) is 4.79 Å². The van der Waals surface area contributed by atoms with E-state index in [4.69, 9.17) is 10.8 Å². The third-order valence-electron chi connectivity index (χ3n) is 3.13. The van der Waals surface area contributed by atoms with Crippen molar-refractivity contribution in [3.05, 3.63) is 0 Å². The molecule has 1 aliphatic rings. The fraction of sp³-hybridized carbons (Fsp3) is 0.889. The number of aliphatic carboxylic acids is 1. The van der Waals surface area contributed by atoms with Crippen molar-refractivity contribution in [2.45, 2.75) is 32.6 Å². The first kappa shape index (κ1) is 9.52. The van der Waals surface area contributed by atoms with E-state index in [1.807, 2.05) is 0 Å². The standard InChI is InChI=1S/C9H17NO2/c1-2-7-3-4-9(5-7,6-10)8(11)12/h7H,2-6,10H2,1H3,(H,11,12). The fourth-order valence-electron chi connectivity index (χ4n) is 2.05. The van der Waals surface area contributed by atoms with Crippen molar-refractivity contribution in [2.75, 3.05) is 6.54 Å². The highest BCUT2D eigenvalue weighted by atomic mass is 16.4. The molecule has 0 heterocycles. The summed E-state index contributed by atoms with van der Waals surface area (Å²) in [7, 11) is 0. The van der Waals surface area contributed by atoms with Crippen LogP contribution in [0.4, 0.5) is 0 Å². The topological polar surface area (TPSA) is 63.3 Å². The minimum atomic E-state index is -0.707. The summed E-state index contributed by atoms with van der Waals surface area (Å²) in [4.78, 5) is 10.9. The number of nitrogens with two attached hydrogens (primary N) is 1. The summed E-state index contributed by atoms with van der Waals surface area (Å²) >= 11 is 0. The highest BCUT2D eigenvalue weighted by Crippen LogP contribution is 2.42. The minimum Gasteiger partial charge on any atom is -0.481 e. The van der Waals surface area contributed by atoms with Crippen LogP contribution in [0.3, 0.4) is 0 Å². The zero-order valence-electron chi connectivity index (χ0n) is 7.55. The molecule has 3 nitrogen and oxygen atoms in total. The van der Waals surface area contributed by atoms with Crippen molar-refractivity contribution < 1.29 is 9.90 Å². The summed E-state index contributed by atoms with van der Waals surface area (Å²) in [5, 5.41) is 9.00. The maximum atomic E-state index is 10.9. The average molecular weight is 171 g/mol. The van der Waals surface area contributed by atoms with Gasteiger partial charge in [-0.2, -0.15) is 0 Å². The highest BCUT2D eigenvalue weighted by molar-refractivity contribution is 5.75. The lowest BCUT2D eigenvalue weighted by molar-refractivity contribution is -0.148. The summed E-state index contributed by atoms with van der Waals surface area (Å²) in [5.41, 5.74) is 4.91. The lowest BCUT2D eigenvalue weighted by Crippen LogP contribution is -2.36. The fourth-order valence-corrected chi connectivity index (χ4v) is 2.05. The van der Waals surface area contributed by atoms with E-state index in [1.165, 1.54) is 0 Å². The molecule has 0 saturated heterocycles. The van der Waals surface area contributed by atoms with Crippen LogP contribution in [-0.4, -0.2) is 17.6 Å². The third-order valence-corrected chi connectivity index (χ3v) is 3.13. The third kappa shape index (κ3) is 1.46. The van der Waals surface area contributed by atoms with Crippen LogP contribution in [0, 0.1) is 11.3 Å². The van der Waals surface area contributed by atoms with Gasteiger partial charge in [0.15, 0.2) is 0 Å². The van der Waals surface area contributed by atoms with Crippen molar-refractivity contribution in [2.24, 2.45) is 17.1 Å². The van der Waals surface area contributed by atoms with Crippen LogP contribution < -0.4 is 5.73 Å². The SMILES string of the molecule is CCC1CCC(CN)(C(=O)O)C1. The summed E-state index contributed by atoms with van der Waals surface area (Å²) in [6, 6.07) is 0. The van der Waals surface area contributed by atoms with Gasteiger partial charge in [0.2, 0.25) is 0 Å². The first-order valence-electron chi connectivity index (χ1n) is 4.58. The number of hydrogen-bond acceptors (Lipinski definition) is 2. The van der Waals surface area contributed by atoms with E-state index in [0.29, 0.717) is 12.5 Å². The quantitative estimate of drug-likeness (QED) is 0.671. The number of carboxylic acids is 1. The van der Waals surface area contributed by atoms with Crippen LogP contribution in [0.2, 0.25) is 0 Å². The number of carbonyl (C=O) groups is 1. The van der Waals surface area contributed by atoms with E-state index < -0.39 is 11.4 Å². The zero-order valence-corrected chi connectivity index (χ0v) is 7.55. The lowest BCUT2D eigenvalue weighted by Gasteiger charge is -2.21. The molecule has 0 bridgehead atoms. The lowest BCUT2D eigenvalue weighted by atomic mass is 9.85. The maximum absolute atomic E-state index is 10.9. The number of hydrogen-bond donors (Lipinski definition) is 2. The molecule has 0 spiro atoms. The van der Waals surface area contributed by atoms with Crippen LogP contribution in [-0.2, 0) is 4.79 Å². The van der Waals surface area contributed by atoms with Gasteiger partial charge < -0.3 is 10.8 Å². The average Bonchev–Trinajstić information content (AvgIpc) is 2.48. The van der Waals surface area contributed by atoms with Crippen LogP contribution in [0.25, 0.3) is 0 Å². The minimum absolute atomic E-state index is 0.291. The van der Waals surface area contributed by atoms with Crippen LogP contribution in [0.1, 0.15) is 32.6 Å². The summed E-state index contributed by atoms with van der Waals surface area (Å²) < 4.78 is 0. The molecule has 1 saturated carbocycles. The molecule has 70 valence electrons. The Balaban J connectivity index is 2.66. The van der Waals surface area contributed by atoms with Gasteiger partial charge >= 0.3 is 5.97 Å². The van der Waals surface area contributed by atoms with Gasteiger partial charge in [-0.15, -0.1) is 0 Å². The predicted molar refractivity (Wildman–Crippen MR) is 46.8 cm³/mol. The van der Waals surface area contributed by atoms with Gasteiger partial charge in [0.1, 0.15) is 0 Å². The second-order valence-electron chi connectivity index (χ2n) is 3.81. The first-order chi connectivity index (χ1) is 5.64. The first-order valence-corrected chi connectivity index (χ1v) is 4.58. The number of carboxylic acid groups (broad SMARTS) is 1. The van der Waals surface area contributed by atoms with Crippen molar-refractivity contribution >= 4 is 5.97 Å². The smallest absolute Gasteiger partial charge is 0.310 e. The Kier molecular flexibility index (Phi) is 2.73. The second-order valence-corrected chi connectivity index (χ2v) is 3.81. The molecule has 0 aliphatic heterocycles. The molecule has 2 unspecified atom stereocenters. The van der Waals surface area contributed by atoms with Gasteiger partial charge in [0, 0.05) is 6.54 Å². The van der Waals surface area contributed by atoms with Crippen molar-refractivity contribution in [3.63, 3.8) is 0 Å². The Hall–Kier alpha value is -0.570. The molecule has 3 heteroatoms. The zero-order chi connectivity index (χ0) is 9.19. The largest absolute Gasteiger partial charge is 0.481 e. The monoisotopic (exact) mass is 171 g/mol. The molecule has 2 atom stereocenters. The van der Waals surface area contributed by atoms with Gasteiger partial charge in [-0.05, 0) is 25.2 Å². The van der Waals surface area contributed by atoms with Gasteiger partial charge in [-0.1, -0.05) is 13.3 Å². The molecule has 1 fully saturated rings. The van der Waals surface area contributed by atoms with Gasteiger partial charge in [-0.25, -0.2) is 0 Å². The Labute approximate surface area is 72.9 Å². The molecule has 3 N–H and O–H groups in total. The Morgan fingerprint density at radius 2 is 2.42 bits per heavy atom. The van der Waals surface area contributed by atoms with Gasteiger partial charge in [0.05, 0.1) is 5.41 Å². The molecule has 0 radical (unpaired) electrons. The Morgan fingerprint density at radius 1 is 1.75 bits per heavy atom. The van der Waals surface area contributed by atoms with Crippen molar-refractivity contribution in [1.82, 2.24) is 0 Å². The predicted octanol–water partition coefficient (Wildman–Crippen LogP) is 1.23. The van der Waals surface area contributed by atoms with Crippen molar-refractivity contribution in [3.8, 4) is 0 Å². The molecule has 0 amide bonds. The Morgan fingerprint density at radius 3 is 2.67 bits per heavy atom. The highest BCUT2D eigenvalue weighted by Gasteiger charge is 2.43. The van der Waals surface area contributed by atoms with E-state index in [0.717, 1.165) is 25.7 Å². The summed E-state index contributed by atoms with van der Waals surface area (Å²) in [6.45, 7) is 2.40. The number of rotatable bonds is 3. The van der Waals surface area contributed by atoms with E-state index in [1.54, 1.807) is 0 Å². The van der Waals surface area contributed by atoms with E-state index in [9.17, 15) is 4.79 Å². The molecule has 1 aliphatic carbocycles. The Bertz CT molecular complexity index is 181. The van der Waals surface area contributed by atoms with Crippen LogP contribution >= 0.6 is 0 Å². The summed E-state index contributed by atoms with van der Waals surface area (Å²) in [5.74, 6) is -0.134. The maximum Gasteiger partial charge on any atom is 0.310 e. The molecule has 12 heavy (non-hydrogen) atoms. The van der Waals surface area contributed by atoms with Gasteiger partial charge in [0.25, 0.3) is 0 Å². The summed E-state index contributed by atoms with van der Waals surface area (Å²) in [6.07, 6.45) is 3.64. The van der Waals surface area contributed by atoms with E-state index >= 15 is 0 Å². The second kappa shape index (κ2) is 3.44. The molecule has 0 aromatic rings. The molecular formula is C9H17NO2. The molecule has 0 aromatic carbocycles. The molecular weight excluding hydrogens is 154 g/mol. The normalized spacial score (nSPS) is 35.3. The van der Waals surface area contributed by atoms with E-state index in [2.05, 4.69) is 6.92 Å². The molecule has 1 rings (SSSR count). The van der Waals surface area contributed by atoms with Crippen LogP contribution in [0.15, 0.2) is 0 Å². The molecule has 0 aromatic heterocycles.